The van der Waals surface area contributed by atoms with E-state index in [9.17, 15) is 4.39 Å². The summed E-state index contributed by atoms with van der Waals surface area (Å²) < 4.78 is 13.5. The van der Waals surface area contributed by atoms with E-state index in [2.05, 4.69) is 27.3 Å². The van der Waals surface area contributed by atoms with Crippen molar-refractivity contribution < 1.29 is 4.39 Å². The molecule has 0 heterocycles. The van der Waals surface area contributed by atoms with Crippen LogP contribution < -0.4 is 5.32 Å². The van der Waals surface area contributed by atoms with Crippen molar-refractivity contribution in [3.63, 3.8) is 0 Å². The predicted octanol–water partition coefficient (Wildman–Crippen LogP) is 3.61. The molecule has 0 aliphatic rings. The highest BCUT2D eigenvalue weighted by atomic mass is 79.9. The number of anilines is 1. The maximum atomic E-state index is 13.1. The minimum absolute atomic E-state index is 0.0612. The first-order chi connectivity index (χ1) is 7.04. The molecule has 1 unspecified atom stereocenters. The number of benzene rings is 1. The molecule has 80 valence electrons. The Morgan fingerprint density at radius 1 is 1.60 bits per heavy atom. The van der Waals surface area contributed by atoms with Crippen molar-refractivity contribution in [1.29, 1.82) is 5.26 Å². The van der Waals surface area contributed by atoms with Gasteiger partial charge in [-0.25, -0.2) is 4.39 Å². The Labute approximate surface area is 97.2 Å². The van der Waals surface area contributed by atoms with Gasteiger partial charge < -0.3 is 5.32 Å². The number of halogens is 2. The minimum atomic E-state index is -0.272. The zero-order valence-electron chi connectivity index (χ0n) is 8.64. The van der Waals surface area contributed by atoms with Crippen LogP contribution in [0.3, 0.4) is 0 Å². The van der Waals surface area contributed by atoms with Crippen LogP contribution in [0.25, 0.3) is 0 Å². The van der Waals surface area contributed by atoms with E-state index in [4.69, 9.17) is 5.26 Å². The molecule has 2 nitrogen and oxygen atoms in total. The largest absolute Gasteiger partial charge is 0.381 e. The van der Waals surface area contributed by atoms with E-state index in [-0.39, 0.29) is 11.9 Å². The molecule has 1 aromatic rings. The molecule has 0 spiro atoms. The molecule has 1 rings (SSSR count). The van der Waals surface area contributed by atoms with Crippen LogP contribution in [-0.4, -0.2) is 6.04 Å². The van der Waals surface area contributed by atoms with Crippen LogP contribution in [0.2, 0.25) is 0 Å². The van der Waals surface area contributed by atoms with Gasteiger partial charge in [0, 0.05) is 11.7 Å². The normalized spacial score (nSPS) is 11.9. The zero-order chi connectivity index (χ0) is 11.4. The maximum Gasteiger partial charge on any atom is 0.137 e. The lowest BCUT2D eigenvalue weighted by Crippen LogP contribution is -2.14. The summed E-state index contributed by atoms with van der Waals surface area (Å²) in [5.74, 6) is -0.272. The van der Waals surface area contributed by atoms with Crippen LogP contribution in [0.1, 0.15) is 18.9 Å². The van der Waals surface area contributed by atoms with Crippen LogP contribution in [0.4, 0.5) is 10.1 Å². The molecular formula is C11H12BrFN2. The van der Waals surface area contributed by atoms with E-state index in [1.165, 1.54) is 6.07 Å². The van der Waals surface area contributed by atoms with Crippen molar-refractivity contribution in [3.8, 4) is 6.07 Å². The van der Waals surface area contributed by atoms with Crippen molar-refractivity contribution in [1.82, 2.24) is 0 Å². The highest BCUT2D eigenvalue weighted by Gasteiger charge is 2.07. The van der Waals surface area contributed by atoms with Crippen LogP contribution in [-0.2, 0) is 0 Å². The average molecular weight is 271 g/mol. The molecule has 0 aromatic heterocycles. The Hall–Kier alpha value is -1.08. The van der Waals surface area contributed by atoms with Gasteiger partial charge in [-0.05, 0) is 47.5 Å². The third-order valence-corrected chi connectivity index (χ3v) is 2.67. The van der Waals surface area contributed by atoms with E-state index < -0.39 is 0 Å². The lowest BCUT2D eigenvalue weighted by molar-refractivity contribution is 0.620. The van der Waals surface area contributed by atoms with E-state index in [0.717, 1.165) is 11.3 Å². The first-order valence-electron chi connectivity index (χ1n) is 4.63. The van der Waals surface area contributed by atoms with Crippen LogP contribution in [0, 0.1) is 24.1 Å². The van der Waals surface area contributed by atoms with Crippen molar-refractivity contribution in [2.24, 2.45) is 0 Å². The Kier molecular flexibility index (Phi) is 4.10. The van der Waals surface area contributed by atoms with Gasteiger partial charge in [-0.15, -0.1) is 0 Å². The first-order valence-corrected chi connectivity index (χ1v) is 5.43. The van der Waals surface area contributed by atoms with E-state index in [1.807, 2.05) is 13.8 Å². The summed E-state index contributed by atoms with van der Waals surface area (Å²) in [6.07, 6.45) is 0.425. The zero-order valence-corrected chi connectivity index (χ0v) is 10.2. The number of hydrogen-bond acceptors (Lipinski definition) is 2. The fourth-order valence-electron chi connectivity index (χ4n) is 1.26. The van der Waals surface area contributed by atoms with Gasteiger partial charge in [0.1, 0.15) is 5.82 Å². The molecule has 0 saturated carbocycles. The van der Waals surface area contributed by atoms with E-state index in [0.29, 0.717) is 10.9 Å². The predicted molar refractivity (Wildman–Crippen MR) is 62.2 cm³/mol. The lowest BCUT2D eigenvalue weighted by Gasteiger charge is -2.14. The fraction of sp³-hybridized carbons (Fsp3) is 0.364. The third kappa shape index (κ3) is 3.21. The Balaban J connectivity index is 2.87. The molecule has 0 amide bonds. The molecule has 1 N–H and O–H groups in total. The quantitative estimate of drug-likeness (QED) is 0.911. The number of nitriles is 1. The lowest BCUT2D eigenvalue weighted by atomic mass is 10.1. The molecule has 15 heavy (non-hydrogen) atoms. The summed E-state index contributed by atoms with van der Waals surface area (Å²) in [5, 5.41) is 11.7. The summed E-state index contributed by atoms with van der Waals surface area (Å²) in [6, 6.07) is 5.30. The second-order valence-electron chi connectivity index (χ2n) is 3.49. The van der Waals surface area contributed by atoms with Gasteiger partial charge in [-0.1, -0.05) is 0 Å². The molecule has 0 radical (unpaired) electrons. The van der Waals surface area contributed by atoms with Crippen molar-refractivity contribution >= 4 is 21.6 Å². The van der Waals surface area contributed by atoms with E-state index in [1.54, 1.807) is 6.07 Å². The van der Waals surface area contributed by atoms with Crippen molar-refractivity contribution in [3.05, 3.63) is 28.0 Å². The van der Waals surface area contributed by atoms with Gasteiger partial charge >= 0.3 is 0 Å². The third-order valence-electron chi connectivity index (χ3n) is 2.07. The smallest absolute Gasteiger partial charge is 0.137 e. The molecule has 0 aliphatic heterocycles. The SMILES string of the molecule is Cc1cc(F)c(Br)cc1NC(C)CC#N. The molecule has 1 atom stereocenters. The Morgan fingerprint density at radius 2 is 2.27 bits per heavy atom. The van der Waals surface area contributed by atoms with Gasteiger partial charge in [0.15, 0.2) is 0 Å². The number of hydrogen-bond donors (Lipinski definition) is 1. The molecule has 0 saturated heterocycles. The molecule has 1 aromatic carbocycles. The van der Waals surface area contributed by atoms with Crippen LogP contribution >= 0.6 is 15.9 Å². The topological polar surface area (TPSA) is 35.8 Å². The number of rotatable bonds is 3. The fourth-order valence-corrected chi connectivity index (χ4v) is 1.60. The monoisotopic (exact) mass is 270 g/mol. The Bertz CT molecular complexity index is 398. The first kappa shape index (κ1) is 12.0. The average Bonchev–Trinajstić information content (AvgIpc) is 2.14. The van der Waals surface area contributed by atoms with Gasteiger partial charge in [0.2, 0.25) is 0 Å². The standard InChI is InChI=1S/C11H12BrFN2/c1-7-5-10(13)9(12)6-11(7)15-8(2)3-4-14/h5-6,8,15H,3H2,1-2H3. The van der Waals surface area contributed by atoms with Gasteiger partial charge in [-0.2, -0.15) is 5.26 Å². The maximum absolute atomic E-state index is 13.1. The summed E-state index contributed by atoms with van der Waals surface area (Å²) in [5.41, 5.74) is 1.69. The van der Waals surface area contributed by atoms with Crippen molar-refractivity contribution in [2.75, 3.05) is 5.32 Å². The summed E-state index contributed by atoms with van der Waals surface area (Å²) in [6.45, 7) is 3.75. The highest BCUT2D eigenvalue weighted by Crippen LogP contribution is 2.24. The molecule has 4 heteroatoms. The summed E-state index contributed by atoms with van der Waals surface area (Å²) in [7, 11) is 0. The summed E-state index contributed by atoms with van der Waals surface area (Å²) >= 11 is 3.13. The van der Waals surface area contributed by atoms with Crippen LogP contribution in [0.15, 0.2) is 16.6 Å². The molecule has 0 bridgehead atoms. The minimum Gasteiger partial charge on any atom is -0.381 e. The molecular weight excluding hydrogens is 259 g/mol. The molecule has 0 aliphatic carbocycles. The van der Waals surface area contributed by atoms with Gasteiger partial charge in [-0.3, -0.25) is 0 Å². The van der Waals surface area contributed by atoms with Gasteiger partial charge in [0.05, 0.1) is 17.0 Å². The van der Waals surface area contributed by atoms with Gasteiger partial charge in [0.25, 0.3) is 0 Å². The Morgan fingerprint density at radius 3 is 2.87 bits per heavy atom. The second-order valence-corrected chi connectivity index (χ2v) is 4.34. The highest BCUT2D eigenvalue weighted by molar-refractivity contribution is 9.10. The number of aryl methyl sites for hydroxylation is 1. The van der Waals surface area contributed by atoms with Crippen LogP contribution in [0.5, 0.6) is 0 Å². The summed E-state index contributed by atoms with van der Waals surface area (Å²) in [4.78, 5) is 0. The number of nitrogens with one attached hydrogen (secondary N) is 1. The van der Waals surface area contributed by atoms with E-state index >= 15 is 0 Å². The second kappa shape index (κ2) is 5.13. The number of nitrogens with zero attached hydrogens (tertiary/aromatic N) is 1. The van der Waals surface area contributed by atoms with Crippen molar-refractivity contribution in [2.45, 2.75) is 26.3 Å². The molecule has 0 fully saturated rings.